The number of esters is 1. The van der Waals surface area contributed by atoms with Crippen LogP contribution >= 0.6 is 0 Å². The van der Waals surface area contributed by atoms with E-state index in [1.807, 2.05) is 0 Å². The number of methoxy groups -OCH3 is 3. The second kappa shape index (κ2) is 8.27. The van der Waals surface area contributed by atoms with E-state index in [1.54, 1.807) is 6.07 Å². The first-order chi connectivity index (χ1) is 14.3. The molecule has 0 aromatic heterocycles. The Kier molecular flexibility index (Phi) is 5.77. The van der Waals surface area contributed by atoms with Crippen LogP contribution in [0.4, 0.5) is 5.69 Å². The molecule has 1 aliphatic rings. The number of fused-ring (bicyclic) bond motifs is 1. The Labute approximate surface area is 171 Å². The van der Waals surface area contributed by atoms with Crippen molar-refractivity contribution in [1.29, 1.82) is 0 Å². The Balaban J connectivity index is 2.11. The molecule has 30 heavy (non-hydrogen) atoms. The van der Waals surface area contributed by atoms with Gasteiger partial charge in [0.25, 0.3) is 11.6 Å². The van der Waals surface area contributed by atoms with Crippen molar-refractivity contribution in [2.45, 2.75) is 19.0 Å². The summed E-state index contributed by atoms with van der Waals surface area (Å²) in [6.45, 7) is -0.0339. The van der Waals surface area contributed by atoms with E-state index >= 15 is 0 Å². The molecule has 10 heteroatoms. The molecule has 0 spiro atoms. The number of hydrogen-bond donors (Lipinski definition) is 1. The maximum absolute atomic E-state index is 13.4. The highest BCUT2D eigenvalue weighted by Gasteiger charge is 2.38. The first-order valence-electron chi connectivity index (χ1n) is 8.90. The van der Waals surface area contributed by atoms with Crippen molar-refractivity contribution in [1.82, 2.24) is 4.90 Å². The van der Waals surface area contributed by atoms with E-state index in [4.69, 9.17) is 14.2 Å². The number of nitrogens with zero attached hydrogens (tertiary/aromatic N) is 2. The van der Waals surface area contributed by atoms with Crippen molar-refractivity contribution in [3.05, 3.63) is 57.1 Å². The summed E-state index contributed by atoms with van der Waals surface area (Å²) in [6.07, 6.45) is 0.148. The third-order valence-corrected chi connectivity index (χ3v) is 4.98. The van der Waals surface area contributed by atoms with E-state index in [0.29, 0.717) is 5.56 Å². The Hall–Kier alpha value is -3.82. The number of nitro groups is 1. The van der Waals surface area contributed by atoms with Gasteiger partial charge in [0.1, 0.15) is 17.4 Å². The number of benzene rings is 2. The van der Waals surface area contributed by atoms with Crippen molar-refractivity contribution in [2.75, 3.05) is 21.3 Å². The van der Waals surface area contributed by atoms with E-state index < -0.39 is 28.5 Å². The lowest BCUT2D eigenvalue weighted by Crippen LogP contribution is -2.49. The van der Waals surface area contributed by atoms with Gasteiger partial charge in [0.2, 0.25) is 0 Å². The number of hydrogen-bond acceptors (Lipinski definition) is 8. The van der Waals surface area contributed by atoms with Crippen LogP contribution in [0.2, 0.25) is 0 Å². The third kappa shape index (κ3) is 3.71. The molecule has 0 fully saturated rings. The molecule has 1 N–H and O–H groups in total. The Morgan fingerprint density at radius 2 is 1.77 bits per heavy atom. The monoisotopic (exact) mass is 416 g/mol. The molecule has 1 amide bonds. The molecule has 1 heterocycles. The molecular weight excluding hydrogens is 396 g/mol. The van der Waals surface area contributed by atoms with Gasteiger partial charge in [-0.25, -0.2) is 4.79 Å². The predicted molar refractivity (Wildman–Crippen MR) is 104 cm³/mol. The van der Waals surface area contributed by atoms with Gasteiger partial charge in [-0.3, -0.25) is 14.9 Å². The fourth-order valence-corrected chi connectivity index (χ4v) is 3.48. The summed E-state index contributed by atoms with van der Waals surface area (Å²) < 4.78 is 15.1. The van der Waals surface area contributed by atoms with Gasteiger partial charge >= 0.3 is 5.97 Å². The standard InChI is InChI=1S/C20H20N2O8/c1-28-17-8-14(15(22(26)27)9-18(17)29-2)19(24)21-10-12-6-13(23)5-4-11(12)7-16(21)20(25)30-3/h4-6,8-9,16,23H,7,10H2,1-3H3/t16-/m0/s1. The van der Waals surface area contributed by atoms with Crippen LogP contribution in [0.5, 0.6) is 17.2 Å². The van der Waals surface area contributed by atoms with Crippen LogP contribution in [0.15, 0.2) is 30.3 Å². The molecule has 2 aromatic carbocycles. The fourth-order valence-electron chi connectivity index (χ4n) is 3.48. The first kappa shape index (κ1) is 20.9. The van der Waals surface area contributed by atoms with Crippen molar-refractivity contribution >= 4 is 17.6 Å². The Morgan fingerprint density at radius 3 is 2.37 bits per heavy atom. The highest BCUT2D eigenvalue weighted by atomic mass is 16.6. The highest BCUT2D eigenvalue weighted by molar-refractivity contribution is 6.01. The van der Waals surface area contributed by atoms with E-state index in [1.165, 1.54) is 44.4 Å². The molecule has 0 radical (unpaired) electrons. The molecule has 0 bridgehead atoms. The van der Waals surface area contributed by atoms with Crippen molar-refractivity contribution in [3.63, 3.8) is 0 Å². The second-order valence-corrected chi connectivity index (χ2v) is 6.61. The second-order valence-electron chi connectivity index (χ2n) is 6.61. The van der Waals surface area contributed by atoms with Gasteiger partial charge in [0, 0.05) is 19.0 Å². The van der Waals surface area contributed by atoms with Crippen LogP contribution in [0.3, 0.4) is 0 Å². The highest BCUT2D eigenvalue weighted by Crippen LogP contribution is 2.36. The van der Waals surface area contributed by atoms with E-state index in [-0.39, 0.29) is 35.8 Å². The minimum absolute atomic E-state index is 0.00904. The molecule has 1 aliphatic heterocycles. The molecule has 158 valence electrons. The van der Waals surface area contributed by atoms with Gasteiger partial charge in [-0.05, 0) is 23.3 Å². The normalized spacial score (nSPS) is 15.2. The average molecular weight is 416 g/mol. The number of carbonyl (C=O) groups excluding carboxylic acids is 2. The molecule has 0 aliphatic carbocycles. The van der Waals surface area contributed by atoms with E-state index in [2.05, 4.69) is 0 Å². The van der Waals surface area contributed by atoms with Gasteiger partial charge in [-0.2, -0.15) is 0 Å². The molecule has 2 aromatic rings. The summed E-state index contributed by atoms with van der Waals surface area (Å²) in [6, 6.07) is 5.98. The molecular formula is C20H20N2O8. The van der Waals surface area contributed by atoms with Crippen LogP contribution in [0, 0.1) is 10.1 Å². The number of aromatic hydroxyl groups is 1. The molecule has 0 unspecified atom stereocenters. The van der Waals surface area contributed by atoms with Crippen LogP contribution in [-0.4, -0.2) is 54.2 Å². The maximum Gasteiger partial charge on any atom is 0.328 e. The van der Waals surface area contributed by atoms with Gasteiger partial charge in [-0.15, -0.1) is 0 Å². The zero-order valence-electron chi connectivity index (χ0n) is 16.6. The van der Waals surface area contributed by atoms with E-state index in [0.717, 1.165) is 11.6 Å². The Bertz CT molecular complexity index is 1020. The number of phenolic OH excluding ortho intramolecular Hbond substituents is 1. The fraction of sp³-hybridized carbons (Fsp3) is 0.300. The Morgan fingerprint density at radius 1 is 1.10 bits per heavy atom. The zero-order chi connectivity index (χ0) is 22.0. The summed E-state index contributed by atoms with van der Waals surface area (Å²) in [4.78, 5) is 37.9. The number of carbonyl (C=O) groups is 2. The maximum atomic E-state index is 13.4. The van der Waals surface area contributed by atoms with Crippen LogP contribution in [0.25, 0.3) is 0 Å². The lowest BCUT2D eigenvalue weighted by atomic mass is 9.92. The van der Waals surface area contributed by atoms with Gasteiger partial charge in [-0.1, -0.05) is 6.07 Å². The summed E-state index contributed by atoms with van der Waals surface area (Å²) in [7, 11) is 3.87. The summed E-state index contributed by atoms with van der Waals surface area (Å²) in [5.41, 5.74) is 0.666. The minimum Gasteiger partial charge on any atom is -0.508 e. The molecule has 10 nitrogen and oxygen atoms in total. The van der Waals surface area contributed by atoms with Crippen molar-refractivity contribution in [3.8, 4) is 17.2 Å². The summed E-state index contributed by atoms with van der Waals surface area (Å²) >= 11 is 0. The van der Waals surface area contributed by atoms with E-state index in [9.17, 15) is 24.8 Å². The molecule has 0 saturated carbocycles. The predicted octanol–water partition coefficient (Wildman–Crippen LogP) is 2.06. The lowest BCUT2D eigenvalue weighted by molar-refractivity contribution is -0.385. The lowest BCUT2D eigenvalue weighted by Gasteiger charge is -2.35. The first-order valence-corrected chi connectivity index (χ1v) is 8.90. The average Bonchev–Trinajstić information content (AvgIpc) is 2.75. The molecule has 3 rings (SSSR count). The van der Waals surface area contributed by atoms with Gasteiger partial charge in [0.15, 0.2) is 11.5 Å². The van der Waals surface area contributed by atoms with Crippen molar-refractivity contribution in [2.24, 2.45) is 0 Å². The number of ether oxygens (including phenoxy) is 3. The van der Waals surface area contributed by atoms with Crippen LogP contribution in [0.1, 0.15) is 21.5 Å². The number of nitro benzene ring substituents is 1. The minimum atomic E-state index is -0.979. The van der Waals surface area contributed by atoms with Crippen LogP contribution < -0.4 is 9.47 Å². The third-order valence-electron chi connectivity index (χ3n) is 4.98. The van der Waals surface area contributed by atoms with Crippen LogP contribution in [-0.2, 0) is 22.5 Å². The number of rotatable bonds is 5. The zero-order valence-corrected chi connectivity index (χ0v) is 16.6. The quantitative estimate of drug-likeness (QED) is 0.446. The molecule has 0 saturated heterocycles. The number of phenols is 1. The topological polar surface area (TPSA) is 128 Å². The summed E-state index contributed by atoms with van der Waals surface area (Å²) in [5.74, 6) is -1.15. The van der Waals surface area contributed by atoms with Gasteiger partial charge < -0.3 is 24.2 Å². The van der Waals surface area contributed by atoms with Gasteiger partial charge in [0.05, 0.1) is 32.3 Å². The molecule has 1 atom stereocenters. The summed E-state index contributed by atoms with van der Waals surface area (Å²) in [5, 5.41) is 21.4. The van der Waals surface area contributed by atoms with Crippen molar-refractivity contribution < 1.29 is 33.8 Å². The SMILES string of the molecule is COC(=O)[C@@H]1Cc2ccc(O)cc2CN1C(=O)c1cc(OC)c(OC)cc1[N+](=O)[O-]. The number of amides is 1. The smallest absolute Gasteiger partial charge is 0.328 e. The largest absolute Gasteiger partial charge is 0.508 e.